The minimum atomic E-state index is -0.155. The Morgan fingerprint density at radius 3 is 2.61 bits per heavy atom. The van der Waals surface area contributed by atoms with Crippen LogP contribution in [0, 0.1) is 6.92 Å². The highest BCUT2D eigenvalue weighted by atomic mass is 32.1. The first kappa shape index (κ1) is 24.2. The van der Waals surface area contributed by atoms with E-state index in [9.17, 15) is 9.59 Å². The summed E-state index contributed by atoms with van der Waals surface area (Å²) in [5, 5.41) is 4.00. The topological polar surface area (TPSA) is 49.9 Å². The third kappa shape index (κ3) is 4.66. The Hall–Kier alpha value is -3.48. The van der Waals surface area contributed by atoms with Gasteiger partial charge in [-0.25, -0.2) is 0 Å². The van der Waals surface area contributed by atoms with Crippen molar-refractivity contribution in [1.82, 2.24) is 9.80 Å². The lowest BCUT2D eigenvalue weighted by atomic mass is 9.90. The van der Waals surface area contributed by atoms with Gasteiger partial charge in [0.25, 0.3) is 5.91 Å². The number of thiophene rings is 1. The van der Waals surface area contributed by atoms with Crippen LogP contribution >= 0.6 is 11.3 Å². The number of rotatable bonds is 7. The van der Waals surface area contributed by atoms with Crippen molar-refractivity contribution in [2.45, 2.75) is 19.4 Å². The van der Waals surface area contributed by atoms with E-state index in [2.05, 4.69) is 30.5 Å². The maximum Gasteiger partial charge on any atom is 0.255 e. The first-order chi connectivity index (χ1) is 17.6. The van der Waals surface area contributed by atoms with E-state index in [4.69, 9.17) is 4.74 Å². The second-order valence-electron chi connectivity index (χ2n) is 9.14. The van der Waals surface area contributed by atoms with Gasteiger partial charge in [0.15, 0.2) is 0 Å². The molecule has 4 aromatic rings. The summed E-state index contributed by atoms with van der Waals surface area (Å²) >= 11 is 1.75. The lowest BCUT2D eigenvalue weighted by Crippen LogP contribution is -2.47. The monoisotopic (exact) mass is 498 g/mol. The van der Waals surface area contributed by atoms with Crippen molar-refractivity contribution in [2.24, 2.45) is 0 Å². The van der Waals surface area contributed by atoms with Crippen molar-refractivity contribution in [3.05, 3.63) is 105 Å². The van der Waals surface area contributed by atoms with Gasteiger partial charge in [0.05, 0.1) is 12.6 Å². The van der Waals surface area contributed by atoms with Gasteiger partial charge in [-0.15, -0.1) is 11.3 Å². The molecule has 3 aromatic carbocycles. The number of nitrogens with zero attached hydrogens (tertiary/aromatic N) is 2. The Kier molecular flexibility index (Phi) is 7.16. The number of hydrogen-bond donors (Lipinski definition) is 0. The van der Waals surface area contributed by atoms with Crippen LogP contribution in [0.3, 0.4) is 0 Å². The van der Waals surface area contributed by atoms with Crippen LogP contribution in [0.25, 0.3) is 10.8 Å². The minimum Gasteiger partial charge on any atom is -0.383 e. The molecule has 0 N–H and O–H groups in total. The summed E-state index contributed by atoms with van der Waals surface area (Å²) in [6.07, 6.45) is 0.830. The average molecular weight is 499 g/mol. The quantitative estimate of drug-likeness (QED) is 0.339. The van der Waals surface area contributed by atoms with Crippen molar-refractivity contribution < 1.29 is 14.3 Å². The number of methoxy groups -OCH3 is 1. The number of carbonyl (C=O) groups excluding carboxylic acids is 2. The van der Waals surface area contributed by atoms with E-state index >= 15 is 0 Å². The minimum absolute atomic E-state index is 0.00721. The molecule has 6 heteroatoms. The molecule has 1 aliphatic heterocycles. The van der Waals surface area contributed by atoms with Gasteiger partial charge in [-0.3, -0.25) is 9.59 Å². The van der Waals surface area contributed by atoms with Crippen LogP contribution < -0.4 is 0 Å². The van der Waals surface area contributed by atoms with E-state index in [1.165, 1.54) is 10.4 Å². The van der Waals surface area contributed by atoms with Crippen LogP contribution in [-0.4, -0.2) is 55.0 Å². The number of amides is 2. The number of aryl methyl sites for hydroxylation is 1. The molecule has 0 saturated heterocycles. The third-order valence-electron chi connectivity index (χ3n) is 6.97. The summed E-state index contributed by atoms with van der Waals surface area (Å²) in [6, 6.07) is 23.8. The van der Waals surface area contributed by atoms with E-state index in [0.29, 0.717) is 25.3 Å². The zero-order chi connectivity index (χ0) is 25.1. The molecule has 0 aliphatic carbocycles. The fourth-order valence-electron chi connectivity index (χ4n) is 5.10. The van der Waals surface area contributed by atoms with Crippen LogP contribution in [0.15, 0.2) is 78.2 Å². The lowest BCUT2D eigenvalue weighted by Gasteiger charge is -2.38. The van der Waals surface area contributed by atoms with Crippen molar-refractivity contribution in [3.63, 3.8) is 0 Å². The highest BCUT2D eigenvalue weighted by molar-refractivity contribution is 7.10. The molecule has 5 nitrogen and oxygen atoms in total. The van der Waals surface area contributed by atoms with Gasteiger partial charge in [0.2, 0.25) is 5.91 Å². The first-order valence-corrected chi connectivity index (χ1v) is 13.1. The molecular weight excluding hydrogens is 468 g/mol. The number of hydrogen-bond acceptors (Lipinski definition) is 4. The maximum absolute atomic E-state index is 13.9. The molecule has 5 rings (SSSR count). The summed E-state index contributed by atoms with van der Waals surface area (Å²) in [6.45, 7) is 3.43. The summed E-state index contributed by atoms with van der Waals surface area (Å²) in [5.74, 6) is -0.206. The molecule has 0 fully saturated rings. The molecule has 1 aliphatic rings. The number of fused-ring (bicyclic) bond motifs is 2. The molecule has 1 aromatic heterocycles. The molecule has 0 radical (unpaired) electrons. The second-order valence-corrected chi connectivity index (χ2v) is 10.1. The molecule has 0 saturated carbocycles. The van der Waals surface area contributed by atoms with Crippen molar-refractivity contribution in [2.75, 3.05) is 33.4 Å². The van der Waals surface area contributed by atoms with Gasteiger partial charge in [0, 0.05) is 30.6 Å². The van der Waals surface area contributed by atoms with Crippen LogP contribution in [0.1, 0.15) is 38.0 Å². The maximum atomic E-state index is 13.9. The second kappa shape index (κ2) is 10.6. The van der Waals surface area contributed by atoms with Gasteiger partial charge in [0.1, 0.15) is 6.54 Å². The normalized spacial score (nSPS) is 15.1. The number of ether oxygens (including phenoxy) is 1. The zero-order valence-corrected chi connectivity index (χ0v) is 21.5. The van der Waals surface area contributed by atoms with E-state index < -0.39 is 0 Å². The Bertz CT molecular complexity index is 1390. The number of carbonyl (C=O) groups is 2. The Labute approximate surface area is 215 Å². The van der Waals surface area contributed by atoms with Crippen LogP contribution in [0.5, 0.6) is 0 Å². The summed E-state index contributed by atoms with van der Waals surface area (Å²) in [4.78, 5) is 32.6. The van der Waals surface area contributed by atoms with Gasteiger partial charge >= 0.3 is 0 Å². The Morgan fingerprint density at radius 1 is 1.00 bits per heavy atom. The molecule has 0 bridgehead atoms. The highest BCUT2D eigenvalue weighted by Gasteiger charge is 2.34. The predicted octanol–water partition coefficient (Wildman–Crippen LogP) is 5.47. The molecule has 36 heavy (non-hydrogen) atoms. The standard InChI is InChI=1S/C30H30N2O3S/c1-21-8-3-5-11-23(21)29-26-15-19-36-27(26)14-16-32(29)28(33)20-31(17-18-35-2)30(34)25-13-7-10-22-9-4-6-12-24(22)25/h3-13,15,19,29H,14,16-18,20H2,1-2H3. The van der Waals surface area contributed by atoms with E-state index in [1.54, 1.807) is 23.3 Å². The molecule has 2 heterocycles. The SMILES string of the molecule is COCCN(CC(=O)N1CCc2sccc2C1c1ccccc1C)C(=O)c1cccc2ccccc12. The fourth-order valence-corrected chi connectivity index (χ4v) is 6.01. The number of benzene rings is 3. The van der Waals surface area contributed by atoms with Crippen molar-refractivity contribution in [3.8, 4) is 0 Å². The van der Waals surface area contributed by atoms with Crippen molar-refractivity contribution in [1.29, 1.82) is 0 Å². The van der Waals surface area contributed by atoms with Gasteiger partial charge in [-0.2, -0.15) is 0 Å². The third-order valence-corrected chi connectivity index (χ3v) is 7.96. The molecule has 184 valence electrons. The Morgan fingerprint density at radius 2 is 1.78 bits per heavy atom. The molecular formula is C30H30N2O3S. The van der Waals surface area contributed by atoms with Gasteiger partial charge < -0.3 is 14.5 Å². The van der Waals surface area contributed by atoms with Crippen LogP contribution in [0.2, 0.25) is 0 Å². The smallest absolute Gasteiger partial charge is 0.255 e. The highest BCUT2D eigenvalue weighted by Crippen LogP contribution is 2.39. The summed E-state index contributed by atoms with van der Waals surface area (Å²) in [5.41, 5.74) is 4.08. The van der Waals surface area contributed by atoms with Crippen LogP contribution in [-0.2, 0) is 16.0 Å². The van der Waals surface area contributed by atoms with E-state index in [1.807, 2.05) is 59.5 Å². The molecule has 0 spiro atoms. The predicted molar refractivity (Wildman–Crippen MR) is 144 cm³/mol. The van der Waals surface area contributed by atoms with E-state index in [0.717, 1.165) is 28.3 Å². The molecule has 1 unspecified atom stereocenters. The largest absolute Gasteiger partial charge is 0.383 e. The molecule has 2 amide bonds. The van der Waals surface area contributed by atoms with E-state index in [-0.39, 0.29) is 24.4 Å². The lowest BCUT2D eigenvalue weighted by molar-refractivity contribution is -0.134. The first-order valence-electron chi connectivity index (χ1n) is 12.3. The molecule has 1 atom stereocenters. The Balaban J connectivity index is 1.46. The van der Waals surface area contributed by atoms with Crippen LogP contribution in [0.4, 0.5) is 0 Å². The summed E-state index contributed by atoms with van der Waals surface area (Å²) in [7, 11) is 1.61. The summed E-state index contributed by atoms with van der Waals surface area (Å²) < 4.78 is 5.30. The van der Waals surface area contributed by atoms with Crippen molar-refractivity contribution >= 4 is 33.9 Å². The fraction of sp³-hybridized carbons (Fsp3) is 0.267. The van der Waals surface area contributed by atoms with Gasteiger partial charge in [-0.1, -0.05) is 60.7 Å². The zero-order valence-electron chi connectivity index (χ0n) is 20.6. The van der Waals surface area contributed by atoms with Gasteiger partial charge in [-0.05, 0) is 58.3 Å². The average Bonchev–Trinajstić information content (AvgIpc) is 3.39.